The second kappa shape index (κ2) is 6.40. The normalized spacial score (nSPS) is 17.5. The van der Waals surface area contributed by atoms with Crippen LogP contribution in [0.25, 0.3) is 11.0 Å². The van der Waals surface area contributed by atoms with Gasteiger partial charge in [0.25, 0.3) is 0 Å². The smallest absolute Gasteiger partial charge is 0.135 e. The fourth-order valence-corrected chi connectivity index (χ4v) is 3.53. The molecule has 0 radical (unpaired) electrons. The maximum Gasteiger partial charge on any atom is 0.135 e. The lowest BCUT2D eigenvalue weighted by molar-refractivity contribution is 0.335. The van der Waals surface area contributed by atoms with Gasteiger partial charge in [0, 0.05) is 30.8 Å². The minimum atomic E-state index is 0.425. The molecule has 5 nitrogen and oxygen atoms in total. The SMILES string of the molecule is CC(C)c1nnc2n1CC(CNCc1cc3ccccc3o1)CC2. The van der Waals surface area contributed by atoms with Crippen LogP contribution in [-0.4, -0.2) is 21.3 Å². The molecule has 2 aromatic heterocycles. The summed E-state index contributed by atoms with van der Waals surface area (Å²) >= 11 is 0. The lowest BCUT2D eigenvalue weighted by Crippen LogP contribution is -2.30. The molecule has 1 N–H and O–H groups in total. The van der Waals surface area contributed by atoms with Gasteiger partial charge in [-0.3, -0.25) is 0 Å². The summed E-state index contributed by atoms with van der Waals surface area (Å²) in [4.78, 5) is 0. The van der Waals surface area contributed by atoms with Gasteiger partial charge in [-0.05, 0) is 24.5 Å². The first-order valence-corrected chi connectivity index (χ1v) is 8.81. The minimum absolute atomic E-state index is 0.425. The van der Waals surface area contributed by atoms with Crippen molar-refractivity contribution < 1.29 is 4.42 Å². The zero-order chi connectivity index (χ0) is 16.5. The predicted octanol–water partition coefficient (Wildman–Crippen LogP) is 3.50. The van der Waals surface area contributed by atoms with Gasteiger partial charge in [-0.25, -0.2) is 0 Å². The first kappa shape index (κ1) is 15.4. The van der Waals surface area contributed by atoms with Gasteiger partial charge in [0.15, 0.2) is 0 Å². The standard InChI is InChI=1S/C19H24N4O/c1-13(2)19-22-21-18-8-7-14(12-23(18)19)10-20-11-16-9-15-5-3-4-6-17(15)24-16/h3-6,9,13-14,20H,7-8,10-12H2,1-2H3. The quantitative estimate of drug-likeness (QED) is 0.780. The van der Waals surface area contributed by atoms with Gasteiger partial charge >= 0.3 is 0 Å². The molecule has 0 amide bonds. The van der Waals surface area contributed by atoms with E-state index in [0.717, 1.165) is 49.0 Å². The molecule has 126 valence electrons. The monoisotopic (exact) mass is 324 g/mol. The van der Waals surface area contributed by atoms with Crippen LogP contribution in [0.1, 0.15) is 43.6 Å². The van der Waals surface area contributed by atoms with Crippen molar-refractivity contribution in [3.8, 4) is 0 Å². The number of furan rings is 1. The molecule has 0 spiro atoms. The molecule has 3 heterocycles. The van der Waals surface area contributed by atoms with Crippen molar-refractivity contribution in [1.82, 2.24) is 20.1 Å². The first-order chi connectivity index (χ1) is 11.7. The van der Waals surface area contributed by atoms with Crippen LogP contribution in [0.15, 0.2) is 34.7 Å². The van der Waals surface area contributed by atoms with Crippen LogP contribution in [0.4, 0.5) is 0 Å². The fraction of sp³-hybridized carbons (Fsp3) is 0.474. The Balaban J connectivity index is 1.35. The molecule has 0 aliphatic carbocycles. The molecule has 1 aliphatic rings. The maximum absolute atomic E-state index is 5.86. The highest BCUT2D eigenvalue weighted by molar-refractivity contribution is 5.77. The van der Waals surface area contributed by atoms with E-state index in [-0.39, 0.29) is 0 Å². The van der Waals surface area contributed by atoms with Crippen LogP contribution in [0.5, 0.6) is 0 Å². The molecule has 1 aromatic carbocycles. The number of rotatable bonds is 5. The lowest BCUT2D eigenvalue weighted by atomic mass is 9.98. The van der Waals surface area contributed by atoms with Crippen LogP contribution in [-0.2, 0) is 19.5 Å². The third-order valence-corrected chi connectivity index (χ3v) is 4.80. The molecular formula is C19H24N4O. The highest BCUT2D eigenvalue weighted by Crippen LogP contribution is 2.23. The van der Waals surface area contributed by atoms with Gasteiger partial charge < -0.3 is 14.3 Å². The van der Waals surface area contributed by atoms with Crippen LogP contribution < -0.4 is 5.32 Å². The fourth-order valence-electron chi connectivity index (χ4n) is 3.53. The van der Waals surface area contributed by atoms with E-state index in [4.69, 9.17) is 4.42 Å². The van der Waals surface area contributed by atoms with E-state index in [2.05, 4.69) is 46.1 Å². The molecule has 0 fully saturated rings. The third-order valence-electron chi connectivity index (χ3n) is 4.80. The van der Waals surface area contributed by atoms with Crippen LogP contribution in [0, 0.1) is 5.92 Å². The number of hydrogen-bond acceptors (Lipinski definition) is 4. The summed E-state index contributed by atoms with van der Waals surface area (Å²) < 4.78 is 8.19. The van der Waals surface area contributed by atoms with Crippen LogP contribution in [0.3, 0.4) is 0 Å². The van der Waals surface area contributed by atoms with Gasteiger partial charge in [0.2, 0.25) is 0 Å². The number of nitrogens with zero attached hydrogens (tertiary/aromatic N) is 3. The summed E-state index contributed by atoms with van der Waals surface area (Å²) in [5, 5.41) is 13.4. The van der Waals surface area contributed by atoms with Gasteiger partial charge in [-0.1, -0.05) is 32.0 Å². The number of benzene rings is 1. The van der Waals surface area contributed by atoms with E-state index in [1.54, 1.807) is 0 Å². The maximum atomic E-state index is 5.86. The second-order valence-electron chi connectivity index (χ2n) is 7.03. The van der Waals surface area contributed by atoms with Gasteiger partial charge in [-0.2, -0.15) is 0 Å². The molecule has 3 aromatic rings. The molecule has 1 aliphatic heterocycles. The number of fused-ring (bicyclic) bond motifs is 2. The van der Waals surface area contributed by atoms with Crippen LogP contribution in [0.2, 0.25) is 0 Å². The van der Waals surface area contributed by atoms with E-state index >= 15 is 0 Å². The molecule has 24 heavy (non-hydrogen) atoms. The highest BCUT2D eigenvalue weighted by atomic mass is 16.3. The van der Waals surface area contributed by atoms with E-state index in [0.29, 0.717) is 11.8 Å². The Morgan fingerprint density at radius 1 is 1.29 bits per heavy atom. The predicted molar refractivity (Wildman–Crippen MR) is 93.8 cm³/mol. The molecule has 1 atom stereocenters. The molecule has 0 saturated heterocycles. The van der Waals surface area contributed by atoms with E-state index < -0.39 is 0 Å². The average Bonchev–Trinajstić information content (AvgIpc) is 3.17. The van der Waals surface area contributed by atoms with Crippen molar-refractivity contribution in [2.75, 3.05) is 6.54 Å². The average molecular weight is 324 g/mol. The summed E-state index contributed by atoms with van der Waals surface area (Å²) in [6.07, 6.45) is 2.19. The molecule has 0 saturated carbocycles. The summed E-state index contributed by atoms with van der Waals surface area (Å²) in [7, 11) is 0. The van der Waals surface area contributed by atoms with Gasteiger partial charge in [0.1, 0.15) is 23.0 Å². The van der Waals surface area contributed by atoms with E-state index in [1.165, 1.54) is 11.8 Å². The zero-order valence-corrected chi connectivity index (χ0v) is 14.3. The molecule has 0 bridgehead atoms. The Hall–Kier alpha value is -2.14. The Bertz CT molecular complexity index is 800. The Morgan fingerprint density at radius 2 is 2.17 bits per heavy atom. The number of nitrogens with one attached hydrogen (secondary N) is 1. The summed E-state index contributed by atoms with van der Waals surface area (Å²) in [6, 6.07) is 10.3. The highest BCUT2D eigenvalue weighted by Gasteiger charge is 2.23. The molecular weight excluding hydrogens is 300 g/mol. The molecule has 1 unspecified atom stereocenters. The van der Waals surface area contributed by atoms with Crippen molar-refractivity contribution in [2.45, 2.75) is 45.7 Å². The number of para-hydroxylation sites is 1. The van der Waals surface area contributed by atoms with Crippen molar-refractivity contribution in [3.05, 3.63) is 47.7 Å². The topological polar surface area (TPSA) is 55.9 Å². The Morgan fingerprint density at radius 3 is 3.00 bits per heavy atom. The Labute approximate surface area is 142 Å². The second-order valence-corrected chi connectivity index (χ2v) is 7.03. The summed E-state index contributed by atoms with van der Waals surface area (Å²) in [6.45, 7) is 7.15. The number of hydrogen-bond donors (Lipinski definition) is 1. The van der Waals surface area contributed by atoms with Gasteiger partial charge in [0.05, 0.1) is 6.54 Å². The van der Waals surface area contributed by atoms with Crippen LogP contribution >= 0.6 is 0 Å². The first-order valence-electron chi connectivity index (χ1n) is 8.81. The van der Waals surface area contributed by atoms with E-state index in [1.807, 2.05) is 18.2 Å². The van der Waals surface area contributed by atoms with Crippen molar-refractivity contribution in [1.29, 1.82) is 0 Å². The lowest BCUT2D eigenvalue weighted by Gasteiger charge is -2.25. The Kier molecular flexibility index (Phi) is 4.10. The van der Waals surface area contributed by atoms with Crippen molar-refractivity contribution in [2.24, 2.45) is 5.92 Å². The summed E-state index contributed by atoms with van der Waals surface area (Å²) in [5.74, 6) is 4.31. The summed E-state index contributed by atoms with van der Waals surface area (Å²) in [5.41, 5.74) is 0.961. The van der Waals surface area contributed by atoms with E-state index in [9.17, 15) is 0 Å². The molecule has 5 heteroatoms. The largest absolute Gasteiger partial charge is 0.460 e. The minimum Gasteiger partial charge on any atom is -0.460 e. The third kappa shape index (κ3) is 2.96. The van der Waals surface area contributed by atoms with Crippen molar-refractivity contribution >= 4 is 11.0 Å². The zero-order valence-electron chi connectivity index (χ0n) is 14.3. The molecule has 4 rings (SSSR count). The van der Waals surface area contributed by atoms with Gasteiger partial charge in [-0.15, -0.1) is 10.2 Å². The number of aromatic nitrogens is 3. The number of aryl methyl sites for hydroxylation is 1. The van der Waals surface area contributed by atoms with Crippen molar-refractivity contribution in [3.63, 3.8) is 0 Å².